The Morgan fingerprint density at radius 3 is 2.76 bits per heavy atom. The summed E-state index contributed by atoms with van der Waals surface area (Å²) in [4.78, 5) is 4.19. The number of pyridine rings is 1. The van der Waals surface area contributed by atoms with Crippen molar-refractivity contribution >= 4 is 5.65 Å². The molecule has 0 saturated carbocycles. The van der Waals surface area contributed by atoms with Crippen LogP contribution in [-0.4, -0.2) is 19.7 Å². The summed E-state index contributed by atoms with van der Waals surface area (Å²) in [6.07, 6.45) is 1.42. The Balaban J connectivity index is 2.22. The predicted octanol–water partition coefficient (Wildman–Crippen LogP) is 2.24. The molecular weight excluding hydrogens is 221 g/mol. The minimum absolute atomic E-state index is 0.0856. The second-order valence-corrected chi connectivity index (χ2v) is 3.61. The van der Waals surface area contributed by atoms with Crippen molar-refractivity contribution in [2.45, 2.75) is 0 Å². The summed E-state index contributed by atoms with van der Waals surface area (Å²) >= 11 is 0. The van der Waals surface area contributed by atoms with Gasteiger partial charge in [-0.3, -0.25) is 0 Å². The standard InChI is InChI=1S/C12H8FN3O/c13-10-4-2-1-3-9(10)12-14-11-6-5-8(17)7-16(11)15-12/h1-7,17H. The first-order chi connectivity index (χ1) is 8.24. The average molecular weight is 229 g/mol. The molecule has 3 rings (SSSR count). The van der Waals surface area contributed by atoms with E-state index < -0.39 is 0 Å². The zero-order valence-electron chi connectivity index (χ0n) is 8.71. The number of hydrogen-bond acceptors (Lipinski definition) is 3. The zero-order valence-corrected chi connectivity index (χ0v) is 8.71. The predicted molar refractivity (Wildman–Crippen MR) is 60.0 cm³/mol. The molecule has 0 atom stereocenters. The van der Waals surface area contributed by atoms with E-state index in [-0.39, 0.29) is 11.6 Å². The Morgan fingerprint density at radius 1 is 1.12 bits per heavy atom. The van der Waals surface area contributed by atoms with Gasteiger partial charge < -0.3 is 5.11 Å². The maximum atomic E-state index is 13.5. The molecule has 0 bridgehead atoms. The summed E-state index contributed by atoms with van der Waals surface area (Å²) < 4.78 is 15.0. The van der Waals surface area contributed by atoms with Crippen LogP contribution in [0.2, 0.25) is 0 Å². The molecule has 0 amide bonds. The van der Waals surface area contributed by atoms with E-state index in [0.717, 1.165) is 0 Å². The molecule has 1 N–H and O–H groups in total. The van der Waals surface area contributed by atoms with E-state index in [1.165, 1.54) is 22.8 Å². The van der Waals surface area contributed by atoms with Gasteiger partial charge >= 0.3 is 0 Å². The van der Waals surface area contributed by atoms with Crippen molar-refractivity contribution in [1.29, 1.82) is 0 Å². The molecule has 17 heavy (non-hydrogen) atoms. The van der Waals surface area contributed by atoms with E-state index in [1.54, 1.807) is 24.3 Å². The number of halogens is 1. The lowest BCUT2D eigenvalue weighted by Crippen LogP contribution is -1.87. The lowest BCUT2D eigenvalue weighted by Gasteiger charge is -1.95. The summed E-state index contributed by atoms with van der Waals surface area (Å²) in [7, 11) is 0. The second-order valence-electron chi connectivity index (χ2n) is 3.61. The highest BCUT2D eigenvalue weighted by Gasteiger charge is 2.10. The van der Waals surface area contributed by atoms with Crippen molar-refractivity contribution in [2.75, 3.05) is 0 Å². The van der Waals surface area contributed by atoms with E-state index >= 15 is 0 Å². The van der Waals surface area contributed by atoms with E-state index in [0.29, 0.717) is 17.0 Å². The van der Waals surface area contributed by atoms with Crippen LogP contribution in [0.3, 0.4) is 0 Å². The maximum absolute atomic E-state index is 13.5. The molecule has 4 nitrogen and oxygen atoms in total. The SMILES string of the molecule is Oc1ccc2nc(-c3ccccc3F)nn2c1. The van der Waals surface area contributed by atoms with Gasteiger partial charge in [0.25, 0.3) is 0 Å². The Hall–Kier alpha value is -2.43. The normalized spacial score (nSPS) is 10.9. The average Bonchev–Trinajstić information content (AvgIpc) is 2.72. The largest absolute Gasteiger partial charge is 0.506 e. The molecule has 2 heterocycles. The van der Waals surface area contributed by atoms with Gasteiger partial charge in [-0.25, -0.2) is 13.9 Å². The monoisotopic (exact) mass is 229 g/mol. The van der Waals surface area contributed by atoms with Crippen molar-refractivity contribution in [3.63, 3.8) is 0 Å². The van der Waals surface area contributed by atoms with Crippen molar-refractivity contribution < 1.29 is 9.50 Å². The highest BCUT2D eigenvalue weighted by atomic mass is 19.1. The molecule has 0 aliphatic carbocycles. The maximum Gasteiger partial charge on any atom is 0.185 e. The van der Waals surface area contributed by atoms with Gasteiger partial charge in [-0.15, -0.1) is 5.10 Å². The van der Waals surface area contributed by atoms with E-state index in [4.69, 9.17) is 0 Å². The van der Waals surface area contributed by atoms with Gasteiger partial charge in [-0.2, -0.15) is 0 Å². The highest BCUT2D eigenvalue weighted by Crippen LogP contribution is 2.20. The highest BCUT2D eigenvalue weighted by molar-refractivity contribution is 5.58. The Bertz CT molecular complexity index is 693. The lowest BCUT2D eigenvalue weighted by atomic mass is 10.2. The summed E-state index contributed by atoms with van der Waals surface area (Å²) in [5.41, 5.74) is 0.900. The van der Waals surface area contributed by atoms with Gasteiger partial charge in [-0.05, 0) is 24.3 Å². The third kappa shape index (κ3) is 1.61. The first-order valence-electron chi connectivity index (χ1n) is 5.04. The minimum atomic E-state index is -0.368. The number of hydrogen-bond donors (Lipinski definition) is 1. The zero-order chi connectivity index (χ0) is 11.8. The number of aromatic hydroxyl groups is 1. The van der Waals surface area contributed by atoms with Crippen molar-refractivity contribution in [1.82, 2.24) is 14.6 Å². The molecule has 3 aromatic rings. The van der Waals surface area contributed by atoms with E-state index in [9.17, 15) is 9.50 Å². The molecule has 0 spiro atoms. The third-order valence-corrected chi connectivity index (χ3v) is 2.43. The minimum Gasteiger partial charge on any atom is -0.506 e. The molecule has 0 unspecified atom stereocenters. The molecule has 2 aromatic heterocycles. The number of fused-ring (bicyclic) bond motifs is 1. The third-order valence-electron chi connectivity index (χ3n) is 2.43. The van der Waals surface area contributed by atoms with Crippen LogP contribution in [0.4, 0.5) is 4.39 Å². The Labute approximate surface area is 96.0 Å². The molecule has 0 saturated heterocycles. The first-order valence-corrected chi connectivity index (χ1v) is 5.04. The molecule has 0 aliphatic rings. The van der Waals surface area contributed by atoms with Crippen LogP contribution in [0.1, 0.15) is 0 Å². The van der Waals surface area contributed by atoms with Gasteiger partial charge in [0.05, 0.1) is 11.8 Å². The smallest absolute Gasteiger partial charge is 0.185 e. The summed E-state index contributed by atoms with van der Waals surface area (Å²) in [5.74, 6) is 0.0174. The van der Waals surface area contributed by atoms with E-state index in [2.05, 4.69) is 10.1 Å². The lowest BCUT2D eigenvalue weighted by molar-refractivity contribution is 0.470. The van der Waals surface area contributed by atoms with Crippen LogP contribution < -0.4 is 0 Å². The molecule has 0 aliphatic heterocycles. The van der Waals surface area contributed by atoms with Crippen LogP contribution >= 0.6 is 0 Å². The Morgan fingerprint density at radius 2 is 1.94 bits per heavy atom. The topological polar surface area (TPSA) is 50.4 Å². The van der Waals surface area contributed by atoms with Crippen molar-refractivity contribution in [2.24, 2.45) is 0 Å². The fraction of sp³-hybridized carbons (Fsp3) is 0. The fourth-order valence-electron chi connectivity index (χ4n) is 1.63. The molecule has 0 fully saturated rings. The quantitative estimate of drug-likeness (QED) is 0.696. The first kappa shape index (κ1) is 9.77. The van der Waals surface area contributed by atoms with Gasteiger partial charge in [0, 0.05) is 0 Å². The van der Waals surface area contributed by atoms with Crippen LogP contribution in [-0.2, 0) is 0 Å². The fourth-order valence-corrected chi connectivity index (χ4v) is 1.63. The molecule has 1 aromatic carbocycles. The summed E-state index contributed by atoms with van der Waals surface area (Å²) in [6.45, 7) is 0. The molecular formula is C12H8FN3O. The van der Waals surface area contributed by atoms with Crippen LogP contribution in [0, 0.1) is 5.82 Å². The van der Waals surface area contributed by atoms with Crippen molar-refractivity contribution in [3.8, 4) is 17.1 Å². The number of aromatic nitrogens is 3. The Kier molecular flexibility index (Phi) is 2.04. The van der Waals surface area contributed by atoms with Gasteiger partial charge in [0.1, 0.15) is 11.6 Å². The number of nitrogens with zero attached hydrogens (tertiary/aromatic N) is 3. The van der Waals surface area contributed by atoms with Crippen molar-refractivity contribution in [3.05, 3.63) is 48.4 Å². The molecule has 5 heteroatoms. The summed E-state index contributed by atoms with van der Waals surface area (Å²) in [6, 6.07) is 9.44. The second kappa shape index (κ2) is 3.55. The van der Waals surface area contributed by atoms with Gasteiger partial charge in [-0.1, -0.05) is 12.1 Å². The number of benzene rings is 1. The molecule has 84 valence electrons. The van der Waals surface area contributed by atoms with Crippen LogP contribution in [0.15, 0.2) is 42.6 Å². The summed E-state index contributed by atoms with van der Waals surface area (Å²) in [5, 5.41) is 13.4. The molecule has 0 radical (unpaired) electrons. The van der Waals surface area contributed by atoms with Gasteiger partial charge in [0.2, 0.25) is 0 Å². The van der Waals surface area contributed by atoms with Crippen LogP contribution in [0.25, 0.3) is 17.0 Å². The van der Waals surface area contributed by atoms with Gasteiger partial charge in [0.15, 0.2) is 11.5 Å². The number of rotatable bonds is 1. The van der Waals surface area contributed by atoms with E-state index in [1.807, 2.05) is 0 Å². The van der Waals surface area contributed by atoms with Crippen LogP contribution in [0.5, 0.6) is 5.75 Å².